The summed E-state index contributed by atoms with van der Waals surface area (Å²) in [5.74, 6) is 0.506. The van der Waals surface area contributed by atoms with Gasteiger partial charge in [-0.2, -0.15) is 0 Å². The summed E-state index contributed by atoms with van der Waals surface area (Å²) in [5, 5.41) is 18.1. The molecule has 0 radical (unpaired) electrons. The van der Waals surface area contributed by atoms with E-state index in [1.54, 1.807) is 0 Å². The first-order chi connectivity index (χ1) is 6.17. The minimum absolute atomic E-state index is 0.174. The molecular weight excluding hydrogens is 164 g/mol. The van der Waals surface area contributed by atoms with Crippen LogP contribution in [0, 0.1) is 11.8 Å². The Morgan fingerprint density at radius 1 is 1.54 bits per heavy atom. The molecule has 0 heterocycles. The van der Waals surface area contributed by atoms with Gasteiger partial charge in [0.15, 0.2) is 0 Å². The van der Waals surface area contributed by atoms with Crippen molar-refractivity contribution in [3.8, 4) is 0 Å². The van der Waals surface area contributed by atoms with Crippen molar-refractivity contribution < 1.29 is 10.2 Å². The van der Waals surface area contributed by atoms with Gasteiger partial charge in [0.25, 0.3) is 0 Å². The van der Waals surface area contributed by atoms with Crippen LogP contribution in [0.3, 0.4) is 0 Å². The van der Waals surface area contributed by atoms with Gasteiger partial charge in [-0.15, -0.1) is 0 Å². The topological polar surface area (TPSA) is 40.5 Å². The van der Waals surface area contributed by atoms with Crippen molar-refractivity contribution in [2.45, 2.75) is 19.8 Å². The van der Waals surface area contributed by atoms with Gasteiger partial charge in [-0.25, -0.2) is 0 Å². The van der Waals surface area contributed by atoms with Crippen molar-refractivity contribution in [3.63, 3.8) is 0 Å². The highest BCUT2D eigenvalue weighted by Gasteiger charge is 2.21. The van der Waals surface area contributed by atoms with E-state index in [1.165, 1.54) is 5.57 Å². The lowest BCUT2D eigenvalue weighted by molar-refractivity contribution is 0.170. The molecule has 2 atom stereocenters. The molecule has 74 valence electrons. The van der Waals surface area contributed by atoms with Crippen LogP contribution in [0.25, 0.3) is 0 Å². The smallest absolute Gasteiger partial charge is 0.0494 e. The third-order valence-corrected chi connectivity index (χ3v) is 2.62. The number of hydrogen-bond donors (Lipinski definition) is 2. The molecule has 13 heavy (non-hydrogen) atoms. The molecular formula is C11H18O2. The summed E-state index contributed by atoms with van der Waals surface area (Å²) in [5.41, 5.74) is 2.25. The van der Waals surface area contributed by atoms with Crippen LogP contribution in [-0.2, 0) is 0 Å². The van der Waals surface area contributed by atoms with E-state index in [0.29, 0.717) is 5.92 Å². The molecule has 0 saturated carbocycles. The number of aliphatic hydroxyl groups is 2. The van der Waals surface area contributed by atoms with Crippen molar-refractivity contribution in [1.82, 2.24) is 0 Å². The van der Waals surface area contributed by atoms with Gasteiger partial charge in [0.1, 0.15) is 0 Å². The number of rotatable bonds is 3. The Bertz CT molecular complexity index is 218. The number of hydrogen-bond acceptors (Lipinski definition) is 2. The van der Waals surface area contributed by atoms with Crippen LogP contribution in [0.5, 0.6) is 0 Å². The number of allylic oxidation sites excluding steroid dienone is 2. The lowest BCUT2D eigenvalue weighted by Crippen LogP contribution is -2.20. The van der Waals surface area contributed by atoms with E-state index in [0.717, 1.165) is 18.4 Å². The third kappa shape index (κ3) is 2.68. The van der Waals surface area contributed by atoms with Crippen molar-refractivity contribution in [2.24, 2.45) is 11.8 Å². The molecule has 0 fully saturated rings. The van der Waals surface area contributed by atoms with E-state index < -0.39 is 0 Å². The highest BCUT2D eigenvalue weighted by molar-refractivity contribution is 5.29. The maximum Gasteiger partial charge on any atom is 0.0494 e. The molecule has 0 amide bonds. The summed E-state index contributed by atoms with van der Waals surface area (Å²) in [6.45, 7) is 6.24. The Labute approximate surface area is 79.6 Å². The second-order valence-electron chi connectivity index (χ2n) is 3.90. The minimum atomic E-state index is 0.174. The second-order valence-corrected chi connectivity index (χ2v) is 3.90. The molecule has 2 heteroatoms. The van der Waals surface area contributed by atoms with Gasteiger partial charge in [-0.05, 0) is 31.3 Å². The van der Waals surface area contributed by atoms with Gasteiger partial charge < -0.3 is 10.2 Å². The molecule has 0 aliphatic heterocycles. The van der Waals surface area contributed by atoms with E-state index in [1.807, 2.05) is 6.92 Å². The lowest BCUT2D eigenvalue weighted by atomic mass is 9.81. The Kier molecular flexibility index (Phi) is 3.70. The van der Waals surface area contributed by atoms with Gasteiger partial charge in [-0.3, -0.25) is 0 Å². The average molecular weight is 182 g/mol. The Hall–Kier alpha value is -0.600. The van der Waals surface area contributed by atoms with Gasteiger partial charge in [0, 0.05) is 19.1 Å². The predicted octanol–water partition coefficient (Wildman–Crippen LogP) is 1.50. The molecule has 2 unspecified atom stereocenters. The zero-order valence-corrected chi connectivity index (χ0v) is 8.16. The summed E-state index contributed by atoms with van der Waals surface area (Å²) < 4.78 is 0. The van der Waals surface area contributed by atoms with Gasteiger partial charge in [0.05, 0.1) is 0 Å². The molecule has 1 rings (SSSR count). The highest BCUT2D eigenvalue weighted by Crippen LogP contribution is 2.30. The summed E-state index contributed by atoms with van der Waals surface area (Å²) in [6, 6.07) is 0. The van der Waals surface area contributed by atoms with Gasteiger partial charge >= 0.3 is 0 Å². The highest BCUT2D eigenvalue weighted by atomic mass is 16.3. The summed E-state index contributed by atoms with van der Waals surface area (Å²) in [7, 11) is 0. The molecule has 1 aliphatic rings. The molecule has 2 N–H and O–H groups in total. The first-order valence-corrected chi connectivity index (χ1v) is 4.75. The summed E-state index contributed by atoms with van der Waals surface area (Å²) >= 11 is 0. The van der Waals surface area contributed by atoms with E-state index in [-0.39, 0.29) is 19.1 Å². The molecule has 1 aliphatic carbocycles. The lowest BCUT2D eigenvalue weighted by Gasteiger charge is -2.26. The maximum absolute atomic E-state index is 9.07. The Balaban J connectivity index is 2.72. The zero-order chi connectivity index (χ0) is 9.84. The molecule has 0 aromatic rings. The van der Waals surface area contributed by atoms with Crippen molar-refractivity contribution in [3.05, 3.63) is 23.8 Å². The standard InChI is InChI=1S/C11H18O2/c1-8(2)11-4-9(6-12)3-10(5-11)7-13/h4,9-10,12-13H,1,3,5-7H2,2H3. The molecule has 0 aromatic carbocycles. The van der Waals surface area contributed by atoms with Crippen LogP contribution in [-0.4, -0.2) is 23.4 Å². The van der Waals surface area contributed by atoms with E-state index in [9.17, 15) is 0 Å². The zero-order valence-electron chi connectivity index (χ0n) is 8.16. The molecule has 0 spiro atoms. The van der Waals surface area contributed by atoms with Crippen LogP contribution in [0.15, 0.2) is 23.8 Å². The van der Waals surface area contributed by atoms with Crippen LogP contribution in [0.2, 0.25) is 0 Å². The van der Waals surface area contributed by atoms with Crippen LogP contribution in [0.1, 0.15) is 19.8 Å². The van der Waals surface area contributed by atoms with Gasteiger partial charge in [0.2, 0.25) is 0 Å². The van der Waals surface area contributed by atoms with E-state index in [4.69, 9.17) is 10.2 Å². The quantitative estimate of drug-likeness (QED) is 0.694. The SMILES string of the molecule is C=C(C)C1=CC(CO)CC(CO)C1. The Morgan fingerprint density at radius 3 is 2.69 bits per heavy atom. The molecule has 0 bridgehead atoms. The normalized spacial score (nSPS) is 28.4. The van der Waals surface area contributed by atoms with Crippen LogP contribution >= 0.6 is 0 Å². The fourth-order valence-electron chi connectivity index (χ4n) is 1.83. The third-order valence-electron chi connectivity index (χ3n) is 2.62. The van der Waals surface area contributed by atoms with Crippen LogP contribution in [0.4, 0.5) is 0 Å². The largest absolute Gasteiger partial charge is 0.396 e. The van der Waals surface area contributed by atoms with Crippen molar-refractivity contribution >= 4 is 0 Å². The molecule has 0 saturated heterocycles. The second kappa shape index (κ2) is 4.58. The first-order valence-electron chi connectivity index (χ1n) is 4.75. The minimum Gasteiger partial charge on any atom is -0.396 e. The van der Waals surface area contributed by atoms with E-state index in [2.05, 4.69) is 12.7 Å². The maximum atomic E-state index is 9.07. The van der Waals surface area contributed by atoms with E-state index >= 15 is 0 Å². The van der Waals surface area contributed by atoms with Gasteiger partial charge in [-0.1, -0.05) is 18.2 Å². The van der Waals surface area contributed by atoms with Crippen molar-refractivity contribution in [2.75, 3.05) is 13.2 Å². The fraction of sp³-hybridized carbons (Fsp3) is 0.636. The summed E-state index contributed by atoms with van der Waals surface area (Å²) in [4.78, 5) is 0. The van der Waals surface area contributed by atoms with Crippen LogP contribution < -0.4 is 0 Å². The molecule has 2 nitrogen and oxygen atoms in total. The number of aliphatic hydroxyl groups excluding tert-OH is 2. The molecule has 0 aromatic heterocycles. The predicted molar refractivity (Wildman–Crippen MR) is 53.3 cm³/mol. The monoisotopic (exact) mass is 182 g/mol. The first kappa shape index (κ1) is 10.5. The summed E-state index contributed by atoms with van der Waals surface area (Å²) in [6.07, 6.45) is 3.89. The average Bonchev–Trinajstić information content (AvgIpc) is 2.16. The van der Waals surface area contributed by atoms with Crippen molar-refractivity contribution in [1.29, 1.82) is 0 Å². The fourth-order valence-corrected chi connectivity index (χ4v) is 1.83. The Morgan fingerprint density at radius 2 is 2.23 bits per heavy atom.